The third-order valence-electron chi connectivity index (χ3n) is 3.14. The number of hydrogen-bond acceptors (Lipinski definition) is 3. The van der Waals surface area contributed by atoms with Crippen LogP contribution in [0.25, 0.3) is 0 Å². The van der Waals surface area contributed by atoms with E-state index in [0.717, 1.165) is 6.07 Å². The van der Waals surface area contributed by atoms with Crippen molar-refractivity contribution >= 4 is 10.0 Å². The maximum absolute atomic E-state index is 13.6. The van der Waals surface area contributed by atoms with Gasteiger partial charge in [0.1, 0.15) is 5.82 Å². The molecule has 0 aromatic heterocycles. The molecule has 2 aromatic carbocycles. The summed E-state index contributed by atoms with van der Waals surface area (Å²) >= 11 is 0. The fraction of sp³-hybridized carbons (Fsp3) is 0.200. The standard InChI is InChI=1S/C15H15F2NO3S/c1-10(11-3-5-12(16)6-4-11)18-22(19,20)13-7-8-15(21-2)14(17)9-13/h3-10,18H,1-2H3. The molecule has 0 spiro atoms. The zero-order valence-electron chi connectivity index (χ0n) is 12.0. The molecule has 0 bridgehead atoms. The summed E-state index contributed by atoms with van der Waals surface area (Å²) in [5.74, 6) is -1.21. The van der Waals surface area contributed by atoms with E-state index < -0.39 is 27.7 Å². The van der Waals surface area contributed by atoms with Gasteiger partial charge >= 0.3 is 0 Å². The Morgan fingerprint density at radius 2 is 1.73 bits per heavy atom. The van der Waals surface area contributed by atoms with Crippen LogP contribution in [-0.2, 0) is 10.0 Å². The number of rotatable bonds is 5. The Hall–Kier alpha value is -1.99. The highest BCUT2D eigenvalue weighted by atomic mass is 32.2. The molecule has 7 heteroatoms. The number of methoxy groups -OCH3 is 1. The smallest absolute Gasteiger partial charge is 0.241 e. The Labute approximate surface area is 127 Å². The summed E-state index contributed by atoms with van der Waals surface area (Å²) in [5.41, 5.74) is 0.596. The Kier molecular flexibility index (Phi) is 4.77. The molecule has 0 aliphatic heterocycles. The Balaban J connectivity index is 2.23. The van der Waals surface area contributed by atoms with Gasteiger partial charge in [0.2, 0.25) is 10.0 Å². The third kappa shape index (κ3) is 3.61. The summed E-state index contributed by atoms with van der Waals surface area (Å²) in [7, 11) is -2.61. The second-order valence-electron chi connectivity index (χ2n) is 4.69. The largest absolute Gasteiger partial charge is 0.494 e. The van der Waals surface area contributed by atoms with Gasteiger partial charge < -0.3 is 4.74 Å². The van der Waals surface area contributed by atoms with Crippen LogP contribution < -0.4 is 9.46 Å². The van der Waals surface area contributed by atoms with Crippen LogP contribution in [0.4, 0.5) is 8.78 Å². The lowest BCUT2D eigenvalue weighted by atomic mass is 10.1. The Bertz CT molecular complexity index is 761. The second kappa shape index (κ2) is 6.41. The first-order valence-electron chi connectivity index (χ1n) is 6.45. The van der Waals surface area contributed by atoms with Gasteiger partial charge in [0.15, 0.2) is 11.6 Å². The minimum Gasteiger partial charge on any atom is -0.494 e. The fourth-order valence-electron chi connectivity index (χ4n) is 1.93. The van der Waals surface area contributed by atoms with E-state index in [1.807, 2.05) is 0 Å². The predicted molar refractivity (Wildman–Crippen MR) is 78.1 cm³/mol. The highest BCUT2D eigenvalue weighted by Gasteiger charge is 2.20. The van der Waals surface area contributed by atoms with Gasteiger partial charge in [0.05, 0.1) is 12.0 Å². The van der Waals surface area contributed by atoms with Crippen LogP contribution in [-0.4, -0.2) is 15.5 Å². The quantitative estimate of drug-likeness (QED) is 0.918. The topological polar surface area (TPSA) is 55.4 Å². The first-order chi connectivity index (χ1) is 10.3. The summed E-state index contributed by atoms with van der Waals surface area (Å²) in [6.07, 6.45) is 0. The highest BCUT2D eigenvalue weighted by molar-refractivity contribution is 7.89. The van der Waals surface area contributed by atoms with Gasteiger partial charge in [-0.3, -0.25) is 0 Å². The van der Waals surface area contributed by atoms with Crippen LogP contribution in [0.3, 0.4) is 0 Å². The summed E-state index contributed by atoms with van der Waals surface area (Å²) < 4.78 is 58.2. The van der Waals surface area contributed by atoms with Crippen molar-refractivity contribution in [1.82, 2.24) is 4.72 Å². The van der Waals surface area contributed by atoms with Crippen LogP contribution in [0.15, 0.2) is 47.4 Å². The van der Waals surface area contributed by atoms with Crippen molar-refractivity contribution in [2.75, 3.05) is 7.11 Å². The minimum atomic E-state index is -3.90. The first kappa shape index (κ1) is 16.4. The van der Waals surface area contributed by atoms with E-state index in [2.05, 4.69) is 4.72 Å². The lowest BCUT2D eigenvalue weighted by Gasteiger charge is -2.15. The van der Waals surface area contributed by atoms with E-state index in [1.54, 1.807) is 6.92 Å². The van der Waals surface area contributed by atoms with Crippen molar-refractivity contribution in [2.24, 2.45) is 0 Å². The lowest BCUT2D eigenvalue weighted by molar-refractivity contribution is 0.385. The van der Waals surface area contributed by atoms with Crippen molar-refractivity contribution in [1.29, 1.82) is 0 Å². The van der Waals surface area contributed by atoms with Crippen molar-refractivity contribution in [3.8, 4) is 5.75 Å². The predicted octanol–water partition coefficient (Wildman–Crippen LogP) is 3.01. The third-order valence-corrected chi connectivity index (χ3v) is 4.67. The number of ether oxygens (including phenoxy) is 1. The molecule has 0 heterocycles. The first-order valence-corrected chi connectivity index (χ1v) is 7.93. The summed E-state index contributed by atoms with van der Waals surface area (Å²) in [5, 5.41) is 0. The van der Waals surface area contributed by atoms with Crippen LogP contribution in [0, 0.1) is 11.6 Å². The molecule has 1 atom stereocenters. The monoisotopic (exact) mass is 327 g/mol. The molecule has 1 N–H and O–H groups in total. The fourth-order valence-corrected chi connectivity index (χ4v) is 3.18. The molecular formula is C15H15F2NO3S. The van der Waals surface area contributed by atoms with Crippen molar-refractivity contribution in [3.63, 3.8) is 0 Å². The lowest BCUT2D eigenvalue weighted by Crippen LogP contribution is -2.27. The average molecular weight is 327 g/mol. The molecule has 0 aliphatic carbocycles. The average Bonchev–Trinajstić information content (AvgIpc) is 2.47. The summed E-state index contributed by atoms with van der Waals surface area (Å²) in [6.45, 7) is 1.62. The molecule has 118 valence electrons. The molecular weight excluding hydrogens is 312 g/mol. The SMILES string of the molecule is COc1ccc(S(=O)(=O)NC(C)c2ccc(F)cc2)cc1F. The molecule has 0 saturated carbocycles. The number of sulfonamides is 1. The van der Waals surface area contributed by atoms with Crippen LogP contribution in [0.2, 0.25) is 0 Å². The normalized spacial score (nSPS) is 12.9. The zero-order valence-corrected chi connectivity index (χ0v) is 12.8. The van der Waals surface area contributed by atoms with Gasteiger partial charge in [-0.25, -0.2) is 21.9 Å². The summed E-state index contributed by atoms with van der Waals surface area (Å²) in [6, 6.07) is 8.25. The van der Waals surface area contributed by atoms with Gasteiger partial charge in [-0.05, 0) is 42.8 Å². The van der Waals surface area contributed by atoms with Crippen LogP contribution >= 0.6 is 0 Å². The van der Waals surface area contributed by atoms with E-state index in [9.17, 15) is 17.2 Å². The van der Waals surface area contributed by atoms with Gasteiger partial charge in [-0.2, -0.15) is 0 Å². The molecule has 0 fully saturated rings. The van der Waals surface area contributed by atoms with Crippen LogP contribution in [0.5, 0.6) is 5.75 Å². The van der Waals surface area contributed by atoms with E-state index in [-0.39, 0.29) is 10.6 Å². The molecule has 22 heavy (non-hydrogen) atoms. The molecule has 4 nitrogen and oxygen atoms in total. The summed E-state index contributed by atoms with van der Waals surface area (Å²) in [4.78, 5) is -0.209. The molecule has 2 aromatic rings. The Morgan fingerprint density at radius 3 is 2.27 bits per heavy atom. The number of nitrogens with one attached hydrogen (secondary N) is 1. The molecule has 0 saturated heterocycles. The van der Waals surface area contributed by atoms with E-state index >= 15 is 0 Å². The zero-order chi connectivity index (χ0) is 16.3. The van der Waals surface area contributed by atoms with Crippen LogP contribution in [0.1, 0.15) is 18.5 Å². The van der Waals surface area contributed by atoms with E-state index in [1.165, 1.54) is 43.5 Å². The maximum Gasteiger partial charge on any atom is 0.241 e. The van der Waals surface area contributed by atoms with Crippen molar-refractivity contribution in [3.05, 3.63) is 59.7 Å². The molecule has 0 radical (unpaired) electrons. The second-order valence-corrected chi connectivity index (χ2v) is 6.40. The maximum atomic E-state index is 13.6. The van der Waals surface area contributed by atoms with Crippen molar-refractivity contribution in [2.45, 2.75) is 17.9 Å². The number of halogens is 2. The van der Waals surface area contributed by atoms with E-state index in [4.69, 9.17) is 4.74 Å². The van der Waals surface area contributed by atoms with E-state index in [0.29, 0.717) is 5.56 Å². The molecule has 2 rings (SSSR count). The highest BCUT2D eigenvalue weighted by Crippen LogP contribution is 2.22. The van der Waals surface area contributed by atoms with Gasteiger partial charge in [-0.1, -0.05) is 12.1 Å². The number of benzene rings is 2. The van der Waals surface area contributed by atoms with Crippen molar-refractivity contribution < 1.29 is 21.9 Å². The van der Waals surface area contributed by atoms with Gasteiger partial charge in [0, 0.05) is 6.04 Å². The van der Waals surface area contributed by atoms with Gasteiger partial charge in [0.25, 0.3) is 0 Å². The molecule has 0 aliphatic rings. The van der Waals surface area contributed by atoms with Gasteiger partial charge in [-0.15, -0.1) is 0 Å². The Morgan fingerprint density at radius 1 is 1.09 bits per heavy atom. The molecule has 0 amide bonds. The minimum absolute atomic E-state index is 0.0365. The number of hydrogen-bond donors (Lipinski definition) is 1. The molecule has 1 unspecified atom stereocenters.